The van der Waals surface area contributed by atoms with Gasteiger partial charge in [0.25, 0.3) is 5.69 Å². The molecule has 2 aliphatic rings. The molecule has 4 rings (SSSR count). The number of carbonyl (C=O) groups is 1. The number of rotatable bonds is 5. The predicted octanol–water partition coefficient (Wildman–Crippen LogP) is 6.72. The molecule has 1 fully saturated rings. The number of hydrogen-bond donors (Lipinski definition) is 1. The Balaban J connectivity index is 1.76. The number of aliphatic hydroxyl groups excluding tert-OH is 1. The average molecular weight is 448 g/mol. The Bertz CT molecular complexity index is 1120. The van der Waals surface area contributed by atoms with Crippen molar-refractivity contribution < 1.29 is 14.8 Å². The molecule has 0 aromatic heterocycles. The Hall–Kier alpha value is -2.95. The van der Waals surface area contributed by atoms with Crippen LogP contribution in [0.4, 0.5) is 5.69 Å². The second-order valence-corrected chi connectivity index (χ2v) is 10.0. The van der Waals surface area contributed by atoms with Gasteiger partial charge in [0.05, 0.1) is 10.5 Å². The number of aryl methyl sites for hydroxylation is 3. The van der Waals surface area contributed by atoms with Crippen LogP contribution >= 0.6 is 0 Å². The molecule has 33 heavy (non-hydrogen) atoms. The number of fused-ring (bicyclic) bond motifs is 1. The summed E-state index contributed by atoms with van der Waals surface area (Å²) in [7, 11) is 0. The highest BCUT2D eigenvalue weighted by atomic mass is 16.6. The van der Waals surface area contributed by atoms with Crippen LogP contribution in [0.25, 0.3) is 5.57 Å². The van der Waals surface area contributed by atoms with Gasteiger partial charge in [0.2, 0.25) is 0 Å². The normalized spacial score (nSPS) is 27.1. The third kappa shape index (κ3) is 3.58. The second-order valence-electron chi connectivity index (χ2n) is 10.0. The Morgan fingerprint density at radius 1 is 1.12 bits per heavy atom. The van der Waals surface area contributed by atoms with E-state index in [9.17, 15) is 20.0 Å². The third-order valence-electron chi connectivity index (χ3n) is 8.12. The first-order chi connectivity index (χ1) is 15.6. The molecule has 1 unspecified atom stereocenters. The van der Waals surface area contributed by atoms with E-state index in [0.29, 0.717) is 12.0 Å². The molecular weight excluding hydrogens is 414 g/mol. The maximum atomic E-state index is 14.0. The van der Waals surface area contributed by atoms with Crippen molar-refractivity contribution in [3.8, 4) is 0 Å². The average Bonchev–Trinajstić information content (AvgIpc) is 2.99. The molecule has 2 aromatic rings. The number of nitrogens with zero attached hydrogens (tertiary/aromatic N) is 1. The van der Waals surface area contributed by atoms with Crippen molar-refractivity contribution in [3.05, 3.63) is 80.1 Å². The zero-order valence-corrected chi connectivity index (χ0v) is 20.1. The minimum absolute atomic E-state index is 0.0120. The fourth-order valence-electron chi connectivity index (χ4n) is 6.41. The summed E-state index contributed by atoms with van der Waals surface area (Å²) >= 11 is 0. The van der Waals surface area contributed by atoms with E-state index in [2.05, 4.69) is 39.8 Å². The van der Waals surface area contributed by atoms with E-state index in [1.54, 1.807) is 12.1 Å². The molecule has 0 spiro atoms. The molecule has 5 heteroatoms. The van der Waals surface area contributed by atoms with Crippen molar-refractivity contribution in [1.82, 2.24) is 0 Å². The highest BCUT2D eigenvalue weighted by Gasteiger charge is 2.57. The lowest BCUT2D eigenvalue weighted by molar-refractivity contribution is -0.384. The van der Waals surface area contributed by atoms with Gasteiger partial charge in [0.15, 0.2) is 5.78 Å². The molecule has 4 atom stereocenters. The second kappa shape index (κ2) is 8.44. The molecule has 0 aliphatic heterocycles. The van der Waals surface area contributed by atoms with Crippen molar-refractivity contribution in [1.29, 1.82) is 0 Å². The lowest BCUT2D eigenvalue weighted by atomic mass is 9.59. The van der Waals surface area contributed by atoms with Gasteiger partial charge in [-0.3, -0.25) is 14.9 Å². The number of nitro benzene ring substituents is 1. The molecule has 1 saturated carbocycles. The van der Waals surface area contributed by atoms with Gasteiger partial charge in [0, 0.05) is 23.5 Å². The zero-order valence-electron chi connectivity index (χ0n) is 20.1. The minimum atomic E-state index is -0.579. The molecule has 0 bridgehead atoms. The molecule has 0 radical (unpaired) electrons. The third-order valence-corrected chi connectivity index (χ3v) is 8.12. The van der Waals surface area contributed by atoms with Crippen molar-refractivity contribution in [2.24, 2.45) is 17.3 Å². The van der Waals surface area contributed by atoms with Crippen molar-refractivity contribution in [2.45, 2.75) is 66.2 Å². The monoisotopic (exact) mass is 447 g/mol. The first kappa shape index (κ1) is 23.2. The molecule has 174 valence electrons. The lowest BCUT2D eigenvalue weighted by Gasteiger charge is -2.44. The van der Waals surface area contributed by atoms with Gasteiger partial charge in [-0.15, -0.1) is 0 Å². The van der Waals surface area contributed by atoms with Gasteiger partial charge in [-0.1, -0.05) is 57.5 Å². The molecule has 2 aliphatic carbocycles. The Labute approximate surface area is 195 Å². The van der Waals surface area contributed by atoms with Crippen LogP contribution in [0, 0.1) is 34.3 Å². The molecule has 0 heterocycles. The molecule has 1 N–H and O–H groups in total. The summed E-state index contributed by atoms with van der Waals surface area (Å²) < 4.78 is 0. The fraction of sp³-hybridized carbons (Fsp3) is 0.464. The van der Waals surface area contributed by atoms with Crippen LogP contribution in [0.2, 0.25) is 0 Å². The van der Waals surface area contributed by atoms with Gasteiger partial charge >= 0.3 is 0 Å². The highest BCUT2D eigenvalue weighted by molar-refractivity contribution is 6.26. The summed E-state index contributed by atoms with van der Waals surface area (Å²) in [6.07, 6.45) is 3.14. The number of benzene rings is 2. The fourth-order valence-corrected chi connectivity index (χ4v) is 6.41. The number of aliphatic hydroxyl groups is 1. The van der Waals surface area contributed by atoms with Gasteiger partial charge in [0.1, 0.15) is 5.76 Å². The van der Waals surface area contributed by atoms with Crippen molar-refractivity contribution in [3.63, 3.8) is 0 Å². The topological polar surface area (TPSA) is 80.4 Å². The van der Waals surface area contributed by atoms with Gasteiger partial charge < -0.3 is 5.11 Å². The van der Waals surface area contributed by atoms with E-state index in [4.69, 9.17) is 0 Å². The Morgan fingerprint density at radius 3 is 2.21 bits per heavy atom. The summed E-state index contributed by atoms with van der Waals surface area (Å²) in [5, 5.41) is 22.6. The first-order valence-electron chi connectivity index (χ1n) is 12.0. The predicted molar refractivity (Wildman–Crippen MR) is 130 cm³/mol. The van der Waals surface area contributed by atoms with Gasteiger partial charge in [-0.05, 0) is 66.7 Å². The smallest absolute Gasteiger partial charge is 0.269 e. The number of allylic oxidation sites excluding steroid dienone is 2. The van der Waals surface area contributed by atoms with E-state index in [0.717, 1.165) is 41.5 Å². The molecule has 0 amide bonds. The largest absolute Gasteiger partial charge is 0.511 e. The summed E-state index contributed by atoms with van der Waals surface area (Å²) in [6.45, 7) is 10.4. The summed E-state index contributed by atoms with van der Waals surface area (Å²) in [5.41, 5.74) is 5.37. The van der Waals surface area contributed by atoms with Crippen LogP contribution in [-0.4, -0.2) is 15.8 Å². The quantitative estimate of drug-likeness (QED) is 0.408. The number of non-ortho nitro benzene ring substituents is 1. The van der Waals surface area contributed by atoms with Crippen LogP contribution in [0.1, 0.15) is 74.3 Å². The van der Waals surface area contributed by atoms with E-state index >= 15 is 0 Å². The number of Topliss-reactive ketones (excluding diaryl/α,β-unsaturated/α-hetero) is 1. The van der Waals surface area contributed by atoms with E-state index in [-0.39, 0.29) is 35.0 Å². The molecular formula is C28H33NO4. The maximum absolute atomic E-state index is 14.0. The Morgan fingerprint density at radius 2 is 1.70 bits per heavy atom. The summed E-state index contributed by atoms with van der Waals surface area (Å²) in [6, 6.07) is 11.0. The number of carbonyl (C=O) groups excluding carboxylic acids is 1. The number of nitro groups is 1. The number of hydrogen-bond acceptors (Lipinski definition) is 4. The molecule has 5 nitrogen and oxygen atoms in total. The van der Waals surface area contributed by atoms with Gasteiger partial charge in [-0.2, -0.15) is 0 Å². The summed E-state index contributed by atoms with van der Waals surface area (Å²) in [4.78, 5) is 24.7. The standard InChI is InChI=1S/C28H33NO4/c1-6-18-14-16(3)15-19(7-2)23(18)24-26(30)25-17(4)22(12-13-28(25,5)27(24)31)20-8-10-21(11-9-20)29(32)33/h8-11,14-15,17,22,25,31H,6-7,12-13H2,1-5H3/t17?,22-,25+,28+/m1/s1. The van der Waals surface area contributed by atoms with Crippen LogP contribution < -0.4 is 0 Å². The lowest BCUT2D eigenvalue weighted by Crippen LogP contribution is -2.41. The SMILES string of the molecule is CCc1cc(C)cc(CC)c1C1=C(O)[C@@]2(C)CC[C@@H](c3ccc([N+](=O)[O-])cc3)C(C)[C@H]2C1=O. The van der Waals surface area contributed by atoms with Crippen LogP contribution in [0.5, 0.6) is 0 Å². The highest BCUT2D eigenvalue weighted by Crippen LogP contribution is 2.60. The number of ketones is 1. The van der Waals surface area contributed by atoms with Crippen LogP contribution in [-0.2, 0) is 17.6 Å². The van der Waals surface area contributed by atoms with Crippen LogP contribution in [0.15, 0.2) is 42.2 Å². The zero-order chi connectivity index (χ0) is 24.1. The maximum Gasteiger partial charge on any atom is 0.269 e. The van der Waals surface area contributed by atoms with Crippen molar-refractivity contribution >= 4 is 17.0 Å². The van der Waals surface area contributed by atoms with Crippen molar-refractivity contribution in [2.75, 3.05) is 0 Å². The van der Waals surface area contributed by atoms with Gasteiger partial charge in [-0.25, -0.2) is 0 Å². The van der Waals surface area contributed by atoms with E-state index in [1.165, 1.54) is 5.56 Å². The minimum Gasteiger partial charge on any atom is -0.511 e. The molecule has 2 aromatic carbocycles. The first-order valence-corrected chi connectivity index (χ1v) is 12.0. The van der Waals surface area contributed by atoms with Crippen LogP contribution in [0.3, 0.4) is 0 Å². The Kier molecular flexibility index (Phi) is 5.94. The van der Waals surface area contributed by atoms with E-state index in [1.807, 2.05) is 19.1 Å². The molecule has 0 saturated heterocycles. The van der Waals surface area contributed by atoms with E-state index < -0.39 is 10.3 Å². The summed E-state index contributed by atoms with van der Waals surface area (Å²) in [5.74, 6) is 0.117.